The first kappa shape index (κ1) is 17.3. The Balaban J connectivity index is 1.57. The maximum absolute atomic E-state index is 13.0. The van der Waals surface area contributed by atoms with Gasteiger partial charge in [-0.1, -0.05) is 42.5 Å². The van der Waals surface area contributed by atoms with E-state index in [1.165, 1.54) is 5.56 Å². The van der Waals surface area contributed by atoms with Crippen molar-refractivity contribution in [2.45, 2.75) is 26.3 Å². The monoisotopic (exact) mass is 361 g/mol. The lowest BCUT2D eigenvalue weighted by molar-refractivity contribution is 0.0929. The van der Waals surface area contributed by atoms with Crippen LogP contribution in [0.1, 0.15) is 44.3 Å². The van der Waals surface area contributed by atoms with Gasteiger partial charge in [0.05, 0.1) is 23.5 Å². The molecule has 1 aliphatic rings. The predicted octanol–water partition coefficient (Wildman–Crippen LogP) is 3.49. The summed E-state index contributed by atoms with van der Waals surface area (Å²) in [7, 11) is 1.87. The molecule has 138 valence electrons. The molecule has 1 unspecified atom stereocenters. The highest BCUT2D eigenvalue weighted by atomic mass is 16.5. The number of aromatic nitrogens is 2. The van der Waals surface area contributed by atoms with Gasteiger partial charge in [-0.05, 0) is 30.5 Å². The molecular formula is C22H23N3O2. The molecule has 0 bridgehead atoms. The van der Waals surface area contributed by atoms with Gasteiger partial charge in [-0.15, -0.1) is 0 Å². The Morgan fingerprint density at radius 3 is 2.78 bits per heavy atom. The molecule has 0 fully saturated rings. The first-order chi connectivity index (χ1) is 13.0. The summed E-state index contributed by atoms with van der Waals surface area (Å²) >= 11 is 0. The van der Waals surface area contributed by atoms with Crippen molar-refractivity contribution < 1.29 is 9.53 Å². The minimum absolute atomic E-state index is 0.117. The molecule has 27 heavy (non-hydrogen) atoms. The van der Waals surface area contributed by atoms with E-state index >= 15 is 0 Å². The fourth-order valence-electron chi connectivity index (χ4n) is 3.54. The Morgan fingerprint density at radius 2 is 2.00 bits per heavy atom. The van der Waals surface area contributed by atoms with Gasteiger partial charge in [-0.3, -0.25) is 9.48 Å². The van der Waals surface area contributed by atoms with E-state index in [2.05, 4.69) is 42.5 Å². The first-order valence-electron chi connectivity index (χ1n) is 9.13. The summed E-state index contributed by atoms with van der Waals surface area (Å²) in [5.74, 6) is 0.782. The summed E-state index contributed by atoms with van der Waals surface area (Å²) in [6.07, 6.45) is 2.31. The van der Waals surface area contributed by atoms with Gasteiger partial charge in [0.1, 0.15) is 12.4 Å². The van der Waals surface area contributed by atoms with Crippen molar-refractivity contribution in [3.63, 3.8) is 0 Å². The molecule has 4 rings (SSSR count). The average Bonchev–Trinajstić information content (AvgIpc) is 3.24. The van der Waals surface area contributed by atoms with E-state index in [-0.39, 0.29) is 11.9 Å². The molecule has 5 nitrogen and oxygen atoms in total. The summed E-state index contributed by atoms with van der Waals surface area (Å²) in [4.78, 5) is 13.0. The van der Waals surface area contributed by atoms with Crippen LogP contribution in [-0.2, 0) is 13.5 Å². The second-order valence-electron chi connectivity index (χ2n) is 7.05. The number of hydrogen-bond acceptors (Lipinski definition) is 3. The van der Waals surface area contributed by atoms with E-state index in [1.54, 1.807) is 10.9 Å². The zero-order valence-electron chi connectivity index (χ0n) is 15.8. The predicted molar refractivity (Wildman–Crippen MR) is 104 cm³/mol. The molecule has 2 heterocycles. The maximum Gasteiger partial charge on any atom is 0.255 e. The topological polar surface area (TPSA) is 56.1 Å². The molecule has 1 aromatic heterocycles. The van der Waals surface area contributed by atoms with Crippen LogP contribution in [0.2, 0.25) is 0 Å². The molecule has 1 aliphatic heterocycles. The van der Waals surface area contributed by atoms with Crippen molar-refractivity contribution in [1.82, 2.24) is 15.1 Å². The minimum atomic E-state index is -0.142. The number of hydrogen-bond donors (Lipinski definition) is 1. The minimum Gasteiger partial charge on any atom is -0.490 e. The van der Waals surface area contributed by atoms with Crippen LogP contribution in [0.3, 0.4) is 0 Å². The number of nitrogens with one attached hydrogen (secondary N) is 1. The third kappa shape index (κ3) is 3.21. The molecule has 0 radical (unpaired) electrons. The molecule has 5 heteroatoms. The van der Waals surface area contributed by atoms with Crippen molar-refractivity contribution in [1.29, 1.82) is 0 Å². The molecule has 0 saturated heterocycles. The van der Waals surface area contributed by atoms with Gasteiger partial charge in [0.25, 0.3) is 5.91 Å². The Hall–Kier alpha value is -3.08. The van der Waals surface area contributed by atoms with E-state index in [1.807, 2.05) is 31.3 Å². The Kier molecular flexibility index (Phi) is 4.44. The van der Waals surface area contributed by atoms with Crippen molar-refractivity contribution in [3.05, 3.63) is 82.2 Å². The Morgan fingerprint density at radius 1 is 1.22 bits per heavy atom. The van der Waals surface area contributed by atoms with Crippen molar-refractivity contribution in [2.75, 3.05) is 6.61 Å². The summed E-state index contributed by atoms with van der Waals surface area (Å²) in [5.41, 5.74) is 6.03. The molecule has 0 spiro atoms. The number of rotatable bonds is 4. The lowest BCUT2D eigenvalue weighted by Gasteiger charge is -2.13. The molecule has 2 aromatic carbocycles. The van der Waals surface area contributed by atoms with Gasteiger partial charge in [0.15, 0.2) is 0 Å². The number of carbonyl (C=O) groups is 1. The number of benzene rings is 2. The Bertz CT molecular complexity index is 992. The molecule has 0 saturated carbocycles. The van der Waals surface area contributed by atoms with E-state index < -0.39 is 0 Å². The smallest absolute Gasteiger partial charge is 0.255 e. The highest BCUT2D eigenvalue weighted by Gasteiger charge is 2.29. The van der Waals surface area contributed by atoms with Crippen LogP contribution in [0.15, 0.2) is 48.7 Å². The van der Waals surface area contributed by atoms with Gasteiger partial charge in [0.2, 0.25) is 0 Å². The average molecular weight is 361 g/mol. The van der Waals surface area contributed by atoms with E-state index in [9.17, 15) is 4.79 Å². The number of ether oxygens (including phenoxy) is 1. The van der Waals surface area contributed by atoms with Crippen LogP contribution < -0.4 is 10.1 Å². The van der Waals surface area contributed by atoms with Crippen LogP contribution >= 0.6 is 0 Å². The fraction of sp³-hybridized carbons (Fsp3) is 0.273. The molecule has 1 atom stereocenters. The van der Waals surface area contributed by atoms with Crippen LogP contribution in [0, 0.1) is 13.8 Å². The second kappa shape index (κ2) is 6.91. The molecular weight excluding hydrogens is 338 g/mol. The first-order valence-corrected chi connectivity index (χ1v) is 9.13. The molecule has 3 aromatic rings. The SMILES string of the molecule is Cc1ccc2c(c1C)OCC2NC(=O)c1cnn(C)c1Cc1ccccc1. The third-order valence-electron chi connectivity index (χ3n) is 5.30. The number of nitrogens with zero attached hydrogens (tertiary/aromatic N) is 2. The summed E-state index contributed by atoms with van der Waals surface area (Å²) in [6, 6.07) is 14.1. The van der Waals surface area contributed by atoms with E-state index in [0.29, 0.717) is 18.6 Å². The molecule has 1 N–H and O–H groups in total. The molecule has 1 amide bonds. The normalized spacial score (nSPS) is 15.3. The van der Waals surface area contributed by atoms with Gasteiger partial charge in [0, 0.05) is 19.0 Å². The third-order valence-corrected chi connectivity index (χ3v) is 5.30. The van der Waals surface area contributed by atoms with Crippen LogP contribution in [-0.4, -0.2) is 22.3 Å². The van der Waals surface area contributed by atoms with Gasteiger partial charge in [-0.2, -0.15) is 5.10 Å². The number of amides is 1. The van der Waals surface area contributed by atoms with Crippen LogP contribution in [0.4, 0.5) is 0 Å². The summed E-state index contributed by atoms with van der Waals surface area (Å²) in [5, 5.41) is 7.42. The van der Waals surface area contributed by atoms with Crippen molar-refractivity contribution >= 4 is 5.91 Å². The quantitative estimate of drug-likeness (QED) is 0.774. The summed E-state index contributed by atoms with van der Waals surface area (Å²) in [6.45, 7) is 4.58. The highest BCUT2D eigenvalue weighted by Crippen LogP contribution is 2.36. The van der Waals surface area contributed by atoms with Crippen molar-refractivity contribution in [2.24, 2.45) is 7.05 Å². The van der Waals surface area contributed by atoms with Gasteiger partial charge >= 0.3 is 0 Å². The van der Waals surface area contributed by atoms with E-state index in [4.69, 9.17) is 4.74 Å². The van der Waals surface area contributed by atoms with Crippen molar-refractivity contribution in [3.8, 4) is 5.75 Å². The highest BCUT2D eigenvalue weighted by molar-refractivity contribution is 5.95. The second-order valence-corrected chi connectivity index (χ2v) is 7.05. The number of aryl methyl sites for hydroxylation is 2. The van der Waals surface area contributed by atoms with E-state index in [0.717, 1.165) is 28.1 Å². The number of fused-ring (bicyclic) bond motifs is 1. The van der Waals surface area contributed by atoms with Crippen LogP contribution in [0.25, 0.3) is 0 Å². The molecule has 0 aliphatic carbocycles. The summed E-state index contributed by atoms with van der Waals surface area (Å²) < 4.78 is 7.63. The van der Waals surface area contributed by atoms with Gasteiger partial charge in [-0.25, -0.2) is 0 Å². The zero-order chi connectivity index (χ0) is 19.0. The fourth-order valence-corrected chi connectivity index (χ4v) is 3.54. The van der Waals surface area contributed by atoms with Gasteiger partial charge < -0.3 is 10.1 Å². The van der Waals surface area contributed by atoms with Crippen LogP contribution in [0.5, 0.6) is 5.75 Å². The lowest BCUT2D eigenvalue weighted by Crippen LogP contribution is -2.30. The number of carbonyl (C=O) groups excluding carboxylic acids is 1. The lowest BCUT2D eigenvalue weighted by atomic mass is 10.0. The Labute approximate surface area is 159 Å². The standard InChI is InChI=1S/C22H23N3O2/c1-14-9-10-17-19(13-27-21(17)15(14)2)24-22(26)18-12-23-25(3)20(18)11-16-7-5-4-6-8-16/h4-10,12,19H,11,13H2,1-3H3,(H,24,26). The zero-order valence-corrected chi connectivity index (χ0v) is 15.8. The maximum atomic E-state index is 13.0. The largest absolute Gasteiger partial charge is 0.490 e.